The smallest absolute Gasteiger partial charge is 0.326 e. The van der Waals surface area contributed by atoms with Crippen LogP contribution < -0.4 is 32.3 Å². The van der Waals surface area contributed by atoms with Crippen LogP contribution in [0.5, 0.6) is 5.75 Å². The van der Waals surface area contributed by atoms with Crippen molar-refractivity contribution in [3.05, 3.63) is 29.8 Å². The summed E-state index contributed by atoms with van der Waals surface area (Å²) in [6, 6.07) is 1.40. The van der Waals surface area contributed by atoms with Gasteiger partial charge in [-0.05, 0) is 38.0 Å². The Kier molecular flexibility index (Phi) is 12.9. The number of aliphatic carboxylic acids is 1. The number of carboxylic acids is 1. The highest BCUT2D eigenvalue weighted by Gasteiger charge is 2.26. The Hall–Kier alpha value is -4.69. The molecule has 15 nitrogen and oxygen atoms in total. The number of aromatic hydroxyl groups is 1. The third-order valence-electron chi connectivity index (χ3n) is 5.31. The highest BCUT2D eigenvalue weighted by molar-refractivity contribution is 5.95. The minimum absolute atomic E-state index is 0.0352. The average Bonchev–Trinajstić information content (AvgIpc) is 2.85. The third-order valence-corrected chi connectivity index (χ3v) is 5.31. The fourth-order valence-electron chi connectivity index (χ4n) is 3.22. The SMILES string of the molecule is CC(=O)N[C@@H](Cc1ccc(O)cc1)C(=O)N[C@@H](C)C(=O)N[C@@H](C)C(=O)NCC(=O)N[C@@H](CCC(N)=O)C(=O)O. The van der Waals surface area contributed by atoms with Crippen LogP contribution in [0.1, 0.15) is 39.2 Å². The highest BCUT2D eigenvalue weighted by Crippen LogP contribution is 2.11. The van der Waals surface area contributed by atoms with Crippen LogP contribution in [0.2, 0.25) is 0 Å². The number of benzene rings is 1. The van der Waals surface area contributed by atoms with E-state index >= 15 is 0 Å². The van der Waals surface area contributed by atoms with Gasteiger partial charge < -0.3 is 42.5 Å². The first-order valence-corrected chi connectivity index (χ1v) is 11.9. The number of phenols is 1. The Balaban J connectivity index is 2.61. The van der Waals surface area contributed by atoms with E-state index in [1.54, 1.807) is 12.1 Å². The number of phenolic OH excluding ortho intramolecular Hbond substituents is 1. The molecule has 1 aromatic carbocycles. The van der Waals surface area contributed by atoms with Crippen molar-refractivity contribution in [2.75, 3.05) is 6.54 Å². The summed E-state index contributed by atoms with van der Waals surface area (Å²) in [7, 11) is 0. The van der Waals surface area contributed by atoms with Crippen molar-refractivity contribution < 1.29 is 43.8 Å². The van der Waals surface area contributed by atoms with Gasteiger partial charge in [-0.1, -0.05) is 12.1 Å². The second-order valence-corrected chi connectivity index (χ2v) is 8.77. The molecular formula is C24H34N6O9. The summed E-state index contributed by atoms with van der Waals surface area (Å²) in [6.07, 6.45) is -0.395. The molecule has 4 atom stereocenters. The first-order chi connectivity index (χ1) is 18.2. The van der Waals surface area contributed by atoms with E-state index in [0.717, 1.165) is 0 Å². The van der Waals surface area contributed by atoms with E-state index in [-0.39, 0.29) is 25.0 Å². The lowest BCUT2D eigenvalue weighted by Crippen LogP contribution is -2.56. The first-order valence-electron chi connectivity index (χ1n) is 11.9. The first kappa shape index (κ1) is 32.3. The van der Waals surface area contributed by atoms with E-state index in [1.807, 2.05) is 0 Å². The van der Waals surface area contributed by atoms with Crippen molar-refractivity contribution in [1.29, 1.82) is 0 Å². The van der Waals surface area contributed by atoms with Crippen LogP contribution >= 0.6 is 0 Å². The zero-order valence-electron chi connectivity index (χ0n) is 21.8. The number of carboxylic acid groups (broad SMARTS) is 1. The predicted octanol–water partition coefficient (Wildman–Crippen LogP) is -2.60. The molecule has 1 aromatic rings. The quantitative estimate of drug-likeness (QED) is 0.114. The largest absolute Gasteiger partial charge is 0.508 e. The molecule has 0 aliphatic heterocycles. The lowest BCUT2D eigenvalue weighted by atomic mass is 10.0. The third kappa shape index (κ3) is 12.4. The van der Waals surface area contributed by atoms with Crippen molar-refractivity contribution in [2.45, 2.75) is 64.2 Å². The van der Waals surface area contributed by atoms with Crippen LogP contribution in [0, 0.1) is 0 Å². The average molecular weight is 551 g/mol. The molecular weight excluding hydrogens is 516 g/mol. The molecule has 0 unspecified atom stereocenters. The molecule has 0 aliphatic carbocycles. The zero-order chi connectivity index (χ0) is 29.7. The number of nitrogens with two attached hydrogens (primary N) is 1. The second-order valence-electron chi connectivity index (χ2n) is 8.77. The predicted molar refractivity (Wildman–Crippen MR) is 136 cm³/mol. The molecule has 0 radical (unpaired) electrons. The van der Waals surface area contributed by atoms with Gasteiger partial charge >= 0.3 is 5.97 Å². The monoisotopic (exact) mass is 550 g/mol. The highest BCUT2D eigenvalue weighted by atomic mass is 16.4. The molecule has 0 bridgehead atoms. The number of carbonyl (C=O) groups is 7. The van der Waals surface area contributed by atoms with E-state index in [9.17, 15) is 38.7 Å². The lowest BCUT2D eigenvalue weighted by molar-refractivity contribution is -0.142. The fraction of sp³-hybridized carbons (Fsp3) is 0.458. The van der Waals surface area contributed by atoms with Crippen LogP contribution in [0.4, 0.5) is 0 Å². The Morgan fingerprint density at radius 1 is 0.821 bits per heavy atom. The molecule has 0 heterocycles. The van der Waals surface area contributed by atoms with Gasteiger partial charge in [0.15, 0.2) is 0 Å². The molecule has 0 spiro atoms. The normalized spacial score (nSPS) is 13.5. The van der Waals surface area contributed by atoms with Crippen molar-refractivity contribution in [3.63, 3.8) is 0 Å². The second kappa shape index (κ2) is 15.5. The Morgan fingerprint density at radius 3 is 1.92 bits per heavy atom. The van der Waals surface area contributed by atoms with Crippen molar-refractivity contribution in [1.82, 2.24) is 26.6 Å². The number of carbonyl (C=O) groups excluding carboxylic acids is 6. The summed E-state index contributed by atoms with van der Waals surface area (Å²) < 4.78 is 0. The minimum atomic E-state index is -1.38. The summed E-state index contributed by atoms with van der Waals surface area (Å²) >= 11 is 0. The van der Waals surface area contributed by atoms with E-state index in [2.05, 4.69) is 26.6 Å². The molecule has 0 aliphatic rings. The summed E-state index contributed by atoms with van der Waals surface area (Å²) in [4.78, 5) is 83.1. The molecule has 1 rings (SSSR count). The van der Waals surface area contributed by atoms with Crippen LogP contribution in [-0.2, 0) is 40.0 Å². The topological polar surface area (TPSA) is 246 Å². The van der Waals surface area contributed by atoms with Crippen molar-refractivity contribution >= 4 is 41.4 Å². The summed E-state index contributed by atoms with van der Waals surface area (Å²) in [5, 5.41) is 30.3. The van der Waals surface area contributed by atoms with E-state index in [1.165, 1.54) is 32.9 Å². The van der Waals surface area contributed by atoms with Gasteiger partial charge in [0.2, 0.25) is 35.4 Å². The van der Waals surface area contributed by atoms with Gasteiger partial charge in [-0.2, -0.15) is 0 Å². The molecule has 0 fully saturated rings. The lowest BCUT2D eigenvalue weighted by Gasteiger charge is -2.22. The molecule has 214 valence electrons. The van der Waals surface area contributed by atoms with Gasteiger partial charge in [-0.15, -0.1) is 0 Å². The van der Waals surface area contributed by atoms with Crippen LogP contribution in [0.15, 0.2) is 24.3 Å². The molecule has 0 saturated carbocycles. The van der Waals surface area contributed by atoms with E-state index in [4.69, 9.17) is 10.8 Å². The maximum atomic E-state index is 12.7. The summed E-state index contributed by atoms with van der Waals surface area (Å²) in [5.74, 6) is -5.52. The number of hydrogen-bond donors (Lipinski definition) is 8. The van der Waals surface area contributed by atoms with Crippen LogP contribution in [0.3, 0.4) is 0 Å². The van der Waals surface area contributed by atoms with E-state index < -0.39 is 72.1 Å². The maximum absolute atomic E-state index is 12.7. The summed E-state index contributed by atoms with van der Waals surface area (Å²) in [6.45, 7) is 3.34. The Labute approximate surface area is 224 Å². The summed E-state index contributed by atoms with van der Waals surface area (Å²) in [5.41, 5.74) is 5.63. The van der Waals surface area contributed by atoms with Gasteiger partial charge in [-0.3, -0.25) is 28.8 Å². The molecule has 0 saturated heterocycles. The number of nitrogens with one attached hydrogen (secondary N) is 5. The zero-order valence-corrected chi connectivity index (χ0v) is 21.8. The molecule has 15 heteroatoms. The molecule has 6 amide bonds. The molecule has 0 aromatic heterocycles. The number of primary amides is 1. The molecule has 9 N–H and O–H groups in total. The van der Waals surface area contributed by atoms with Crippen molar-refractivity contribution in [3.8, 4) is 5.75 Å². The Bertz CT molecular complexity index is 1080. The van der Waals surface area contributed by atoms with Crippen molar-refractivity contribution in [2.24, 2.45) is 5.73 Å². The fourth-order valence-corrected chi connectivity index (χ4v) is 3.22. The van der Waals surface area contributed by atoms with Crippen LogP contribution in [-0.4, -0.2) is 82.3 Å². The van der Waals surface area contributed by atoms with Gasteiger partial charge in [0.25, 0.3) is 0 Å². The Morgan fingerprint density at radius 2 is 1.38 bits per heavy atom. The van der Waals surface area contributed by atoms with E-state index in [0.29, 0.717) is 5.56 Å². The van der Waals surface area contributed by atoms with Gasteiger partial charge in [0.1, 0.15) is 29.9 Å². The number of rotatable bonds is 15. The maximum Gasteiger partial charge on any atom is 0.326 e. The number of amides is 6. The number of hydrogen-bond acceptors (Lipinski definition) is 8. The van der Waals surface area contributed by atoms with Gasteiger partial charge in [0.05, 0.1) is 6.54 Å². The molecule has 39 heavy (non-hydrogen) atoms. The van der Waals surface area contributed by atoms with Crippen LogP contribution in [0.25, 0.3) is 0 Å². The van der Waals surface area contributed by atoms with Gasteiger partial charge in [0, 0.05) is 19.8 Å². The van der Waals surface area contributed by atoms with Gasteiger partial charge in [-0.25, -0.2) is 4.79 Å². The standard InChI is InChI=1S/C24H34N6O9/c1-12(21(35)26-11-20(34)30-17(24(38)39)8-9-19(25)33)27-22(36)13(2)28-23(37)18(29-14(3)31)10-15-4-6-16(32)7-5-15/h4-7,12-13,17-18,32H,8-11H2,1-3H3,(H2,25,33)(H,26,35)(H,27,36)(H,28,37)(H,29,31)(H,30,34)(H,38,39)/t12-,13-,17-,18-/m0/s1. The minimum Gasteiger partial charge on any atom is -0.508 e.